The number of terminal acetylenes is 1. The first-order valence-electron chi connectivity index (χ1n) is 7.01. The molecule has 0 radical (unpaired) electrons. The maximum absolute atomic E-state index is 10.2. The highest BCUT2D eigenvalue weighted by Crippen LogP contribution is 2.32. The molecule has 2 N–H and O–H groups in total. The summed E-state index contributed by atoms with van der Waals surface area (Å²) in [6, 6.07) is 5.51. The highest BCUT2D eigenvalue weighted by molar-refractivity contribution is 5.44. The van der Waals surface area contributed by atoms with E-state index < -0.39 is 6.10 Å². The number of rotatable bonds is 6. The quantitative estimate of drug-likeness (QED) is 0.778. The topological polar surface area (TPSA) is 50.7 Å². The smallest absolute Gasteiger partial charge is 0.161 e. The number of fused-ring (bicyclic) bond motifs is 1. The van der Waals surface area contributed by atoms with E-state index in [9.17, 15) is 5.11 Å². The molecular formula is C16H21NO3. The molecule has 0 aromatic heterocycles. The van der Waals surface area contributed by atoms with Crippen molar-refractivity contribution in [3.63, 3.8) is 0 Å². The Morgan fingerprint density at radius 2 is 2.10 bits per heavy atom. The maximum atomic E-state index is 10.2. The molecule has 1 aliphatic heterocycles. The molecule has 2 atom stereocenters. The van der Waals surface area contributed by atoms with E-state index in [1.54, 1.807) is 0 Å². The van der Waals surface area contributed by atoms with Crippen LogP contribution in [0.2, 0.25) is 0 Å². The van der Waals surface area contributed by atoms with E-state index in [0.29, 0.717) is 25.5 Å². The van der Waals surface area contributed by atoms with Crippen molar-refractivity contribution in [2.24, 2.45) is 0 Å². The Kier molecular flexibility index (Phi) is 5.28. The number of aliphatic hydroxyl groups excluding tert-OH is 1. The minimum absolute atomic E-state index is 0.00635. The van der Waals surface area contributed by atoms with Gasteiger partial charge in [0.15, 0.2) is 11.5 Å². The number of nitrogens with one attached hydrogen (secondary N) is 1. The van der Waals surface area contributed by atoms with E-state index in [-0.39, 0.29) is 6.04 Å². The summed E-state index contributed by atoms with van der Waals surface area (Å²) in [5, 5.41) is 13.4. The van der Waals surface area contributed by atoms with Crippen LogP contribution in [0.15, 0.2) is 18.2 Å². The number of aliphatic hydroxyl groups is 1. The minimum atomic E-state index is -0.612. The van der Waals surface area contributed by atoms with Crippen molar-refractivity contribution >= 4 is 0 Å². The lowest BCUT2D eigenvalue weighted by atomic mass is 10.1. The summed E-state index contributed by atoms with van der Waals surface area (Å²) in [6.45, 7) is 3.62. The first-order chi connectivity index (χ1) is 9.74. The Morgan fingerprint density at radius 1 is 1.35 bits per heavy atom. The lowest BCUT2D eigenvalue weighted by Gasteiger charge is -2.21. The zero-order valence-electron chi connectivity index (χ0n) is 11.8. The fourth-order valence-electron chi connectivity index (χ4n) is 2.17. The third kappa shape index (κ3) is 3.66. The lowest BCUT2D eigenvalue weighted by Crippen LogP contribution is -2.31. The zero-order chi connectivity index (χ0) is 14.4. The van der Waals surface area contributed by atoms with Gasteiger partial charge in [-0.25, -0.2) is 0 Å². The van der Waals surface area contributed by atoms with Crippen molar-refractivity contribution in [1.29, 1.82) is 0 Å². The molecule has 0 saturated carbocycles. The number of hydrogen-bond acceptors (Lipinski definition) is 4. The Morgan fingerprint density at radius 3 is 2.80 bits per heavy atom. The Labute approximate surface area is 120 Å². The summed E-state index contributed by atoms with van der Waals surface area (Å²) >= 11 is 0. The zero-order valence-corrected chi connectivity index (χ0v) is 11.8. The van der Waals surface area contributed by atoms with Gasteiger partial charge < -0.3 is 19.9 Å². The van der Waals surface area contributed by atoms with E-state index in [2.05, 4.69) is 18.2 Å². The van der Waals surface area contributed by atoms with Gasteiger partial charge in [-0.05, 0) is 24.1 Å². The molecule has 108 valence electrons. The second kappa shape index (κ2) is 7.18. The largest absolute Gasteiger partial charge is 0.486 e. The highest BCUT2D eigenvalue weighted by atomic mass is 16.6. The van der Waals surface area contributed by atoms with Gasteiger partial charge in [-0.3, -0.25) is 0 Å². The average molecular weight is 275 g/mol. The van der Waals surface area contributed by atoms with Crippen LogP contribution in [-0.4, -0.2) is 30.9 Å². The van der Waals surface area contributed by atoms with Gasteiger partial charge in [0.05, 0.1) is 12.1 Å². The fraction of sp³-hybridized carbons (Fsp3) is 0.500. The van der Waals surface area contributed by atoms with Gasteiger partial charge in [0, 0.05) is 6.54 Å². The summed E-state index contributed by atoms with van der Waals surface area (Å²) in [7, 11) is 0. The molecule has 1 aliphatic rings. The van der Waals surface area contributed by atoms with Crippen molar-refractivity contribution in [3.8, 4) is 23.8 Å². The van der Waals surface area contributed by atoms with E-state index in [1.165, 1.54) is 0 Å². The maximum Gasteiger partial charge on any atom is 0.161 e. The molecule has 2 unspecified atom stereocenters. The van der Waals surface area contributed by atoms with Gasteiger partial charge in [0.1, 0.15) is 13.2 Å². The van der Waals surface area contributed by atoms with Crippen molar-refractivity contribution in [1.82, 2.24) is 5.32 Å². The van der Waals surface area contributed by atoms with E-state index in [4.69, 9.17) is 15.9 Å². The molecule has 0 amide bonds. The SMILES string of the molecule is C#CC(CCC)NCC(O)c1ccc2c(c1)OCCO2. The average Bonchev–Trinajstić information content (AvgIpc) is 2.50. The molecular weight excluding hydrogens is 254 g/mol. The first kappa shape index (κ1) is 14.7. The molecule has 1 aromatic carbocycles. The molecule has 0 aliphatic carbocycles. The van der Waals surface area contributed by atoms with Crippen LogP contribution < -0.4 is 14.8 Å². The van der Waals surface area contributed by atoms with E-state index in [0.717, 1.165) is 24.2 Å². The van der Waals surface area contributed by atoms with Gasteiger partial charge in [-0.15, -0.1) is 6.42 Å². The summed E-state index contributed by atoms with van der Waals surface area (Å²) < 4.78 is 11.0. The third-order valence-electron chi connectivity index (χ3n) is 3.29. The van der Waals surface area contributed by atoms with Crippen LogP contribution in [0, 0.1) is 12.3 Å². The minimum Gasteiger partial charge on any atom is -0.486 e. The monoisotopic (exact) mass is 275 g/mol. The highest BCUT2D eigenvalue weighted by Gasteiger charge is 2.16. The molecule has 0 spiro atoms. The summed E-state index contributed by atoms with van der Waals surface area (Å²) in [6.07, 6.45) is 6.75. The Bertz CT molecular complexity index is 481. The Hall–Kier alpha value is -1.70. The molecule has 0 saturated heterocycles. The predicted molar refractivity (Wildman–Crippen MR) is 77.9 cm³/mol. The van der Waals surface area contributed by atoms with E-state index in [1.807, 2.05) is 18.2 Å². The fourth-order valence-corrected chi connectivity index (χ4v) is 2.17. The molecule has 1 aromatic rings. The summed E-state index contributed by atoms with van der Waals surface area (Å²) in [5.41, 5.74) is 0.800. The normalized spacial score (nSPS) is 16.2. The predicted octanol–water partition coefficient (Wildman–Crippen LogP) is 1.88. The second-order valence-corrected chi connectivity index (χ2v) is 4.84. The number of benzene rings is 1. The van der Waals surface area contributed by atoms with Crippen LogP contribution in [0.1, 0.15) is 31.4 Å². The summed E-state index contributed by atoms with van der Waals surface area (Å²) in [4.78, 5) is 0. The van der Waals surface area contributed by atoms with Crippen molar-refractivity contribution in [3.05, 3.63) is 23.8 Å². The molecule has 20 heavy (non-hydrogen) atoms. The van der Waals surface area contributed by atoms with Gasteiger partial charge in [0.25, 0.3) is 0 Å². The van der Waals surface area contributed by atoms with Crippen LogP contribution in [0.5, 0.6) is 11.5 Å². The van der Waals surface area contributed by atoms with Crippen LogP contribution >= 0.6 is 0 Å². The number of hydrogen-bond donors (Lipinski definition) is 2. The van der Waals surface area contributed by atoms with Crippen LogP contribution in [0.25, 0.3) is 0 Å². The Balaban J connectivity index is 1.95. The van der Waals surface area contributed by atoms with Crippen molar-refractivity contribution < 1.29 is 14.6 Å². The van der Waals surface area contributed by atoms with Crippen LogP contribution in [-0.2, 0) is 0 Å². The summed E-state index contributed by atoms with van der Waals surface area (Å²) in [5.74, 6) is 4.11. The molecule has 2 rings (SSSR count). The second-order valence-electron chi connectivity index (χ2n) is 4.84. The van der Waals surface area contributed by atoms with Crippen molar-refractivity contribution in [2.45, 2.75) is 31.9 Å². The van der Waals surface area contributed by atoms with Gasteiger partial charge >= 0.3 is 0 Å². The van der Waals surface area contributed by atoms with Gasteiger partial charge in [-0.2, -0.15) is 0 Å². The van der Waals surface area contributed by atoms with Gasteiger partial charge in [0.2, 0.25) is 0 Å². The van der Waals surface area contributed by atoms with Gasteiger partial charge in [-0.1, -0.05) is 25.3 Å². The molecule has 4 nitrogen and oxygen atoms in total. The first-order valence-corrected chi connectivity index (χ1v) is 7.01. The molecule has 0 bridgehead atoms. The molecule has 1 heterocycles. The molecule has 4 heteroatoms. The third-order valence-corrected chi connectivity index (χ3v) is 3.29. The number of ether oxygens (including phenoxy) is 2. The lowest BCUT2D eigenvalue weighted by molar-refractivity contribution is 0.162. The van der Waals surface area contributed by atoms with Crippen LogP contribution in [0.3, 0.4) is 0 Å². The molecule has 0 fully saturated rings. The van der Waals surface area contributed by atoms with E-state index >= 15 is 0 Å². The standard InChI is InChI=1S/C16H21NO3/c1-3-5-13(4-2)17-11-14(18)12-6-7-15-16(10-12)20-9-8-19-15/h2,6-7,10,13-14,17-18H,3,5,8-9,11H2,1H3. The van der Waals surface area contributed by atoms with Crippen LogP contribution in [0.4, 0.5) is 0 Å². The van der Waals surface area contributed by atoms with Crippen molar-refractivity contribution in [2.75, 3.05) is 19.8 Å².